The molecule has 21 heavy (non-hydrogen) atoms. The Morgan fingerprint density at radius 2 is 2.00 bits per heavy atom. The van der Waals surface area contributed by atoms with E-state index in [1.807, 2.05) is 6.92 Å². The molecule has 122 valence electrons. The Labute approximate surface area is 129 Å². The summed E-state index contributed by atoms with van der Waals surface area (Å²) in [5, 5.41) is 3.32. The summed E-state index contributed by atoms with van der Waals surface area (Å²) in [6.07, 6.45) is 9.79. The molecule has 0 aromatic rings. The predicted molar refractivity (Wildman–Crippen MR) is 87.1 cm³/mol. The number of nitrogens with two attached hydrogens (primary N) is 1. The number of primary amides is 1. The lowest BCUT2D eigenvalue weighted by Crippen LogP contribution is -2.53. The van der Waals surface area contributed by atoms with Gasteiger partial charge >= 0.3 is 0 Å². The number of nitrogens with one attached hydrogen (secondary N) is 1. The number of hydrogen-bond acceptors (Lipinski definition) is 3. The Morgan fingerprint density at radius 3 is 2.52 bits per heavy atom. The van der Waals surface area contributed by atoms with Gasteiger partial charge in [-0.15, -0.1) is 0 Å². The van der Waals surface area contributed by atoms with E-state index in [4.69, 9.17) is 5.73 Å². The van der Waals surface area contributed by atoms with Gasteiger partial charge in [-0.05, 0) is 77.3 Å². The summed E-state index contributed by atoms with van der Waals surface area (Å²) in [5.74, 6) is 0.765. The van der Waals surface area contributed by atoms with Crippen molar-refractivity contribution in [3.05, 3.63) is 0 Å². The number of hydrogen-bond donors (Lipinski definition) is 2. The van der Waals surface area contributed by atoms with Crippen LogP contribution < -0.4 is 11.1 Å². The number of unbranched alkanes of at least 4 members (excludes halogenated alkanes) is 1. The van der Waals surface area contributed by atoms with Gasteiger partial charge < -0.3 is 16.0 Å². The lowest BCUT2D eigenvalue weighted by atomic mass is 9.93. The average Bonchev–Trinajstić information content (AvgIpc) is 3.32. The minimum Gasteiger partial charge on any atom is -0.368 e. The van der Waals surface area contributed by atoms with Crippen LogP contribution in [0.3, 0.4) is 0 Å². The summed E-state index contributed by atoms with van der Waals surface area (Å²) >= 11 is 0. The van der Waals surface area contributed by atoms with Crippen LogP contribution in [0.4, 0.5) is 0 Å². The second-order valence-corrected chi connectivity index (χ2v) is 7.25. The fourth-order valence-electron chi connectivity index (χ4n) is 2.99. The molecule has 1 unspecified atom stereocenters. The predicted octanol–water partition coefficient (Wildman–Crippen LogP) is 2.27. The van der Waals surface area contributed by atoms with E-state index in [9.17, 15) is 4.79 Å². The first-order chi connectivity index (χ1) is 10.0. The molecule has 2 fully saturated rings. The quantitative estimate of drug-likeness (QED) is 0.543. The van der Waals surface area contributed by atoms with E-state index >= 15 is 0 Å². The highest BCUT2D eigenvalue weighted by Gasteiger charge is 2.33. The van der Waals surface area contributed by atoms with Crippen LogP contribution in [0.1, 0.15) is 65.2 Å². The molecule has 0 spiro atoms. The fourth-order valence-corrected chi connectivity index (χ4v) is 2.99. The topological polar surface area (TPSA) is 58.4 Å². The van der Waals surface area contributed by atoms with Crippen molar-refractivity contribution in [3.63, 3.8) is 0 Å². The van der Waals surface area contributed by atoms with Gasteiger partial charge in [0.15, 0.2) is 0 Å². The molecule has 2 aliphatic rings. The molecule has 2 aliphatic carbocycles. The largest absolute Gasteiger partial charge is 0.368 e. The Hall–Kier alpha value is -0.610. The van der Waals surface area contributed by atoms with Gasteiger partial charge in [0, 0.05) is 12.6 Å². The number of carbonyl (C=O) groups excluding carboxylic acids is 1. The maximum Gasteiger partial charge on any atom is 0.237 e. The normalized spacial score (nSPS) is 21.5. The maximum atomic E-state index is 11.7. The van der Waals surface area contributed by atoms with Gasteiger partial charge in [0.05, 0.1) is 5.54 Å². The first-order valence-electron chi connectivity index (χ1n) is 8.84. The molecule has 0 radical (unpaired) electrons. The van der Waals surface area contributed by atoms with Crippen molar-refractivity contribution < 1.29 is 4.79 Å². The summed E-state index contributed by atoms with van der Waals surface area (Å²) in [6, 6.07) is 0.867. The Bertz CT molecular complexity index is 339. The zero-order chi connectivity index (χ0) is 15.3. The SMILES string of the molecule is CCCNC(C)(CCCCN(CC1CC1)C1CC1)C(N)=O. The summed E-state index contributed by atoms with van der Waals surface area (Å²) < 4.78 is 0. The fraction of sp³-hybridized carbons (Fsp3) is 0.941. The summed E-state index contributed by atoms with van der Waals surface area (Å²) in [5.41, 5.74) is 5.04. The molecule has 0 saturated heterocycles. The Kier molecular flexibility index (Phi) is 6.06. The second kappa shape index (κ2) is 7.59. The minimum atomic E-state index is -0.531. The van der Waals surface area contributed by atoms with Crippen LogP contribution >= 0.6 is 0 Å². The highest BCUT2D eigenvalue weighted by atomic mass is 16.1. The number of nitrogens with zero attached hydrogens (tertiary/aromatic N) is 1. The molecule has 0 bridgehead atoms. The third-order valence-corrected chi connectivity index (χ3v) is 4.93. The molecule has 4 nitrogen and oxygen atoms in total. The molecule has 0 aromatic heterocycles. The molecular weight excluding hydrogens is 262 g/mol. The zero-order valence-electron chi connectivity index (χ0n) is 13.9. The third-order valence-electron chi connectivity index (χ3n) is 4.93. The molecule has 2 saturated carbocycles. The number of amides is 1. The lowest BCUT2D eigenvalue weighted by molar-refractivity contribution is -0.124. The van der Waals surface area contributed by atoms with Gasteiger partial charge in [-0.1, -0.05) is 6.92 Å². The highest BCUT2D eigenvalue weighted by Crippen LogP contribution is 2.35. The molecule has 3 N–H and O–H groups in total. The van der Waals surface area contributed by atoms with Crippen LogP contribution in [0.5, 0.6) is 0 Å². The third kappa shape index (κ3) is 5.59. The van der Waals surface area contributed by atoms with Crippen LogP contribution in [-0.4, -0.2) is 42.0 Å². The van der Waals surface area contributed by atoms with Crippen molar-refractivity contribution in [2.24, 2.45) is 11.7 Å². The summed E-state index contributed by atoms with van der Waals surface area (Å²) in [4.78, 5) is 14.4. The van der Waals surface area contributed by atoms with Gasteiger partial charge in [0.25, 0.3) is 0 Å². The maximum absolute atomic E-state index is 11.7. The zero-order valence-corrected chi connectivity index (χ0v) is 13.9. The van der Waals surface area contributed by atoms with Gasteiger partial charge in [-0.3, -0.25) is 4.79 Å². The molecule has 1 amide bonds. The summed E-state index contributed by atoms with van der Waals surface area (Å²) in [7, 11) is 0. The van der Waals surface area contributed by atoms with E-state index < -0.39 is 5.54 Å². The van der Waals surface area contributed by atoms with E-state index in [-0.39, 0.29) is 5.91 Å². The highest BCUT2D eigenvalue weighted by molar-refractivity contribution is 5.84. The van der Waals surface area contributed by atoms with Crippen molar-refractivity contribution in [3.8, 4) is 0 Å². The minimum absolute atomic E-state index is 0.215. The number of carbonyl (C=O) groups is 1. The molecular formula is C17H33N3O. The smallest absolute Gasteiger partial charge is 0.237 e. The Balaban J connectivity index is 1.67. The molecule has 2 rings (SSSR count). The van der Waals surface area contributed by atoms with Crippen LogP contribution in [0.25, 0.3) is 0 Å². The molecule has 0 aliphatic heterocycles. The van der Waals surface area contributed by atoms with Crippen LogP contribution in [0, 0.1) is 5.92 Å². The Morgan fingerprint density at radius 1 is 1.29 bits per heavy atom. The van der Waals surface area contributed by atoms with Crippen molar-refractivity contribution in [2.75, 3.05) is 19.6 Å². The van der Waals surface area contributed by atoms with E-state index in [2.05, 4.69) is 17.1 Å². The van der Waals surface area contributed by atoms with E-state index in [1.54, 1.807) is 0 Å². The van der Waals surface area contributed by atoms with Gasteiger partial charge in [0.2, 0.25) is 5.91 Å². The van der Waals surface area contributed by atoms with E-state index in [0.717, 1.165) is 37.8 Å². The lowest BCUT2D eigenvalue weighted by Gasteiger charge is -2.28. The van der Waals surface area contributed by atoms with E-state index in [1.165, 1.54) is 45.2 Å². The van der Waals surface area contributed by atoms with Gasteiger partial charge in [-0.2, -0.15) is 0 Å². The van der Waals surface area contributed by atoms with Crippen molar-refractivity contribution in [1.29, 1.82) is 0 Å². The average molecular weight is 295 g/mol. The molecule has 1 atom stereocenters. The van der Waals surface area contributed by atoms with Crippen molar-refractivity contribution in [1.82, 2.24) is 10.2 Å². The van der Waals surface area contributed by atoms with Crippen molar-refractivity contribution >= 4 is 5.91 Å². The first kappa shape index (κ1) is 16.8. The first-order valence-corrected chi connectivity index (χ1v) is 8.84. The molecule has 0 aromatic carbocycles. The van der Waals surface area contributed by atoms with Crippen LogP contribution in [-0.2, 0) is 4.79 Å². The van der Waals surface area contributed by atoms with Crippen LogP contribution in [0.2, 0.25) is 0 Å². The monoisotopic (exact) mass is 295 g/mol. The second-order valence-electron chi connectivity index (χ2n) is 7.25. The van der Waals surface area contributed by atoms with Crippen molar-refractivity contribution in [2.45, 2.75) is 76.8 Å². The van der Waals surface area contributed by atoms with Gasteiger partial charge in [-0.25, -0.2) is 0 Å². The molecule has 0 heterocycles. The standard InChI is InChI=1S/C17H33N3O/c1-3-11-19-17(2,16(18)21)10-4-5-12-20(15-8-9-15)13-14-6-7-14/h14-15,19H,3-13H2,1-2H3,(H2,18,21). The molecule has 4 heteroatoms. The number of rotatable bonds is 12. The van der Waals surface area contributed by atoms with E-state index in [0.29, 0.717) is 0 Å². The van der Waals surface area contributed by atoms with Crippen LogP contribution in [0.15, 0.2) is 0 Å². The van der Waals surface area contributed by atoms with Gasteiger partial charge in [0.1, 0.15) is 0 Å². The summed E-state index contributed by atoms with van der Waals surface area (Å²) in [6.45, 7) is 7.43.